The minimum absolute atomic E-state index is 0.00326. The molecule has 1 aromatic rings. The van der Waals surface area contributed by atoms with E-state index in [1.54, 1.807) is 16.4 Å². The topological polar surface area (TPSA) is 49.4 Å². The van der Waals surface area contributed by atoms with Crippen molar-refractivity contribution in [2.75, 3.05) is 19.6 Å². The zero-order valence-electron chi connectivity index (χ0n) is 11.8. The van der Waals surface area contributed by atoms with Crippen molar-refractivity contribution in [1.29, 1.82) is 0 Å². The molecule has 0 saturated carbocycles. The van der Waals surface area contributed by atoms with E-state index in [-0.39, 0.29) is 6.04 Å². The Morgan fingerprint density at radius 3 is 2.42 bits per heavy atom. The lowest BCUT2D eigenvalue weighted by molar-refractivity contribution is 0.284. The van der Waals surface area contributed by atoms with Gasteiger partial charge in [0.25, 0.3) is 0 Å². The Kier molecular flexibility index (Phi) is 4.28. The average molecular weight is 282 g/mol. The largest absolute Gasteiger partial charge is 0.314 e. The minimum atomic E-state index is -3.36. The first kappa shape index (κ1) is 14.5. The molecule has 1 aliphatic rings. The number of piperazine rings is 1. The van der Waals surface area contributed by atoms with E-state index >= 15 is 0 Å². The van der Waals surface area contributed by atoms with E-state index < -0.39 is 10.0 Å². The van der Waals surface area contributed by atoms with Crippen molar-refractivity contribution >= 4 is 10.0 Å². The van der Waals surface area contributed by atoms with Crippen molar-refractivity contribution in [3.8, 4) is 0 Å². The van der Waals surface area contributed by atoms with Crippen molar-refractivity contribution in [3.05, 3.63) is 29.8 Å². The van der Waals surface area contributed by atoms with Crippen LogP contribution in [0.15, 0.2) is 29.2 Å². The summed E-state index contributed by atoms with van der Waals surface area (Å²) in [5, 5.41) is 3.21. The highest BCUT2D eigenvalue weighted by Crippen LogP contribution is 2.22. The molecular formula is C14H22N2O2S. The zero-order chi connectivity index (χ0) is 14.0. The second kappa shape index (κ2) is 5.61. The van der Waals surface area contributed by atoms with E-state index in [2.05, 4.69) is 19.2 Å². The van der Waals surface area contributed by atoms with Gasteiger partial charge in [-0.15, -0.1) is 0 Å². The summed E-state index contributed by atoms with van der Waals surface area (Å²) in [6, 6.07) is 7.26. The molecular weight excluding hydrogens is 260 g/mol. The van der Waals surface area contributed by atoms with Crippen molar-refractivity contribution in [3.63, 3.8) is 0 Å². The number of hydrogen-bond donors (Lipinski definition) is 1. The van der Waals surface area contributed by atoms with Gasteiger partial charge in [-0.1, -0.05) is 26.0 Å². The first-order chi connectivity index (χ1) is 8.93. The van der Waals surface area contributed by atoms with Crippen LogP contribution in [-0.4, -0.2) is 38.4 Å². The highest BCUT2D eigenvalue weighted by molar-refractivity contribution is 7.89. The molecule has 0 aliphatic carbocycles. The van der Waals surface area contributed by atoms with E-state index in [9.17, 15) is 8.42 Å². The van der Waals surface area contributed by atoms with E-state index in [1.165, 1.54) is 0 Å². The molecule has 1 N–H and O–H groups in total. The predicted octanol–water partition coefficient (Wildman–Crippen LogP) is 1.79. The third kappa shape index (κ3) is 2.99. The molecule has 2 rings (SSSR count). The van der Waals surface area contributed by atoms with Crippen molar-refractivity contribution in [1.82, 2.24) is 9.62 Å². The maximum absolute atomic E-state index is 12.6. The summed E-state index contributed by atoms with van der Waals surface area (Å²) in [7, 11) is -3.36. The lowest BCUT2D eigenvalue weighted by Crippen LogP contribution is -2.52. The monoisotopic (exact) mass is 282 g/mol. The first-order valence-corrected chi connectivity index (χ1v) is 8.19. The second-order valence-electron chi connectivity index (χ2n) is 5.39. The fraction of sp³-hybridized carbons (Fsp3) is 0.571. The highest BCUT2D eigenvalue weighted by atomic mass is 32.2. The van der Waals surface area contributed by atoms with Crippen LogP contribution in [-0.2, 0) is 10.0 Å². The van der Waals surface area contributed by atoms with Crippen LogP contribution >= 0.6 is 0 Å². The third-order valence-electron chi connectivity index (χ3n) is 3.59. The molecule has 0 aromatic heterocycles. The summed E-state index contributed by atoms with van der Waals surface area (Å²) in [6.07, 6.45) is 0. The van der Waals surface area contributed by atoms with Crippen molar-refractivity contribution in [2.45, 2.75) is 37.6 Å². The van der Waals surface area contributed by atoms with Gasteiger partial charge in [0.05, 0.1) is 4.90 Å². The summed E-state index contributed by atoms with van der Waals surface area (Å²) in [5.41, 5.74) is 1.16. The molecule has 0 bridgehead atoms. The molecule has 1 atom stereocenters. The van der Waals surface area contributed by atoms with Gasteiger partial charge in [-0.25, -0.2) is 8.42 Å². The van der Waals surface area contributed by atoms with Crippen LogP contribution in [0.5, 0.6) is 0 Å². The Morgan fingerprint density at radius 2 is 1.89 bits per heavy atom. The fourth-order valence-corrected chi connectivity index (χ4v) is 3.97. The number of rotatable bonds is 3. The number of benzene rings is 1. The minimum Gasteiger partial charge on any atom is -0.314 e. The summed E-state index contributed by atoms with van der Waals surface area (Å²) in [6.45, 7) is 8.10. The zero-order valence-corrected chi connectivity index (χ0v) is 12.6. The molecule has 1 heterocycles. The first-order valence-electron chi connectivity index (χ1n) is 6.75. The van der Waals surface area contributed by atoms with Crippen LogP contribution in [0.3, 0.4) is 0 Å². The molecule has 0 spiro atoms. The predicted molar refractivity (Wildman–Crippen MR) is 76.8 cm³/mol. The molecule has 0 radical (unpaired) electrons. The number of nitrogens with zero attached hydrogens (tertiary/aromatic N) is 1. The second-order valence-corrected chi connectivity index (χ2v) is 7.28. The smallest absolute Gasteiger partial charge is 0.243 e. The van der Waals surface area contributed by atoms with E-state index in [0.29, 0.717) is 30.4 Å². The Balaban J connectivity index is 2.28. The van der Waals surface area contributed by atoms with E-state index in [1.807, 2.05) is 19.1 Å². The van der Waals surface area contributed by atoms with Gasteiger partial charge >= 0.3 is 0 Å². The summed E-state index contributed by atoms with van der Waals surface area (Å²) >= 11 is 0. The quantitative estimate of drug-likeness (QED) is 0.919. The molecule has 5 heteroatoms. The average Bonchev–Trinajstić information content (AvgIpc) is 2.39. The van der Waals surface area contributed by atoms with Crippen LogP contribution in [0, 0.1) is 0 Å². The van der Waals surface area contributed by atoms with Gasteiger partial charge < -0.3 is 5.32 Å². The number of sulfonamides is 1. The molecule has 106 valence electrons. The highest BCUT2D eigenvalue weighted by Gasteiger charge is 2.30. The molecule has 1 fully saturated rings. The van der Waals surface area contributed by atoms with Crippen molar-refractivity contribution < 1.29 is 8.42 Å². The normalized spacial score (nSPS) is 21.8. The Bertz CT molecular complexity index is 523. The van der Waals surface area contributed by atoms with Crippen LogP contribution in [0.1, 0.15) is 32.3 Å². The number of hydrogen-bond acceptors (Lipinski definition) is 3. The van der Waals surface area contributed by atoms with Gasteiger partial charge in [-0.3, -0.25) is 0 Å². The van der Waals surface area contributed by atoms with Crippen LogP contribution in [0.4, 0.5) is 0 Å². The van der Waals surface area contributed by atoms with Crippen LogP contribution in [0.2, 0.25) is 0 Å². The Morgan fingerprint density at radius 1 is 1.26 bits per heavy atom. The van der Waals surface area contributed by atoms with Gasteiger partial charge in [-0.2, -0.15) is 4.31 Å². The lowest BCUT2D eigenvalue weighted by atomic mass is 10.0. The maximum Gasteiger partial charge on any atom is 0.243 e. The van der Waals surface area contributed by atoms with Gasteiger partial charge in [-0.05, 0) is 30.5 Å². The molecule has 0 amide bonds. The third-order valence-corrected chi connectivity index (χ3v) is 5.62. The summed E-state index contributed by atoms with van der Waals surface area (Å²) in [4.78, 5) is 0.394. The fourth-order valence-electron chi connectivity index (χ4n) is 2.34. The molecule has 1 aromatic carbocycles. The maximum atomic E-state index is 12.6. The van der Waals surface area contributed by atoms with Gasteiger partial charge in [0.1, 0.15) is 0 Å². The standard InChI is InChI=1S/C14H22N2O2S/c1-11(2)13-4-6-14(7-5-13)19(17,18)16-9-8-15-10-12(16)3/h4-7,11-12,15H,8-10H2,1-3H3/t12-/m1/s1. The van der Waals surface area contributed by atoms with Gasteiger partial charge in [0.2, 0.25) is 10.0 Å². The van der Waals surface area contributed by atoms with Gasteiger partial charge in [0.15, 0.2) is 0 Å². The molecule has 0 unspecified atom stereocenters. The Labute approximate surface area is 115 Å². The van der Waals surface area contributed by atoms with Crippen molar-refractivity contribution in [2.24, 2.45) is 0 Å². The molecule has 1 saturated heterocycles. The van der Waals surface area contributed by atoms with Gasteiger partial charge in [0, 0.05) is 25.7 Å². The molecule has 19 heavy (non-hydrogen) atoms. The van der Waals surface area contributed by atoms with E-state index in [0.717, 1.165) is 5.56 Å². The molecule has 1 aliphatic heterocycles. The van der Waals surface area contributed by atoms with Crippen LogP contribution < -0.4 is 5.32 Å². The summed E-state index contributed by atoms with van der Waals surface area (Å²) in [5.74, 6) is 0.412. The number of nitrogens with one attached hydrogen (secondary N) is 1. The Hall–Kier alpha value is -0.910. The SMILES string of the molecule is CC(C)c1ccc(S(=O)(=O)N2CCNC[C@H]2C)cc1. The summed E-state index contributed by atoms with van der Waals surface area (Å²) < 4.78 is 26.7. The van der Waals surface area contributed by atoms with Crippen LogP contribution in [0.25, 0.3) is 0 Å². The van der Waals surface area contributed by atoms with E-state index in [4.69, 9.17) is 0 Å². The lowest BCUT2D eigenvalue weighted by Gasteiger charge is -2.32. The molecule has 4 nitrogen and oxygen atoms in total.